The molecule has 0 unspecified atom stereocenters. The molecule has 23 heavy (non-hydrogen) atoms. The van der Waals surface area contributed by atoms with Crippen LogP contribution >= 0.6 is 0 Å². The average Bonchev–Trinajstić information content (AvgIpc) is 2.53. The Morgan fingerprint density at radius 1 is 1.35 bits per heavy atom. The topological polar surface area (TPSA) is 117 Å². The van der Waals surface area contributed by atoms with Crippen molar-refractivity contribution in [2.75, 3.05) is 7.11 Å². The molecule has 1 aromatic heterocycles. The zero-order chi connectivity index (χ0) is 17.0. The van der Waals surface area contributed by atoms with E-state index in [2.05, 4.69) is 0 Å². The number of pyridine rings is 1. The first kappa shape index (κ1) is 16.2. The van der Waals surface area contributed by atoms with Crippen molar-refractivity contribution < 1.29 is 14.5 Å². The maximum absolute atomic E-state index is 12.1. The number of rotatable bonds is 6. The minimum Gasteiger partial charge on any atom is -0.497 e. The zero-order valence-electron chi connectivity index (χ0n) is 12.4. The Labute approximate surface area is 131 Å². The van der Waals surface area contributed by atoms with Gasteiger partial charge in [-0.1, -0.05) is 12.1 Å². The van der Waals surface area contributed by atoms with Gasteiger partial charge in [0.15, 0.2) is 0 Å². The van der Waals surface area contributed by atoms with E-state index < -0.39 is 22.0 Å². The van der Waals surface area contributed by atoms with Gasteiger partial charge in [0.05, 0.1) is 18.2 Å². The van der Waals surface area contributed by atoms with Crippen LogP contribution in [-0.4, -0.2) is 22.5 Å². The normalized spacial score (nSPS) is 10.3. The van der Waals surface area contributed by atoms with Crippen LogP contribution in [0.25, 0.3) is 0 Å². The van der Waals surface area contributed by atoms with Gasteiger partial charge < -0.3 is 15.0 Å². The SMILES string of the molecule is COc1ccc(CCn2cc([N+](=O)[O-])cc(C(N)=O)c2=O)cc1. The molecule has 0 aliphatic heterocycles. The predicted octanol–water partition coefficient (Wildman–Crippen LogP) is 1.11. The summed E-state index contributed by atoms with van der Waals surface area (Å²) in [6.07, 6.45) is 1.57. The van der Waals surface area contributed by atoms with Crippen LogP contribution in [0.4, 0.5) is 5.69 Å². The summed E-state index contributed by atoms with van der Waals surface area (Å²) in [7, 11) is 1.56. The van der Waals surface area contributed by atoms with Crippen molar-refractivity contribution in [2.45, 2.75) is 13.0 Å². The van der Waals surface area contributed by atoms with Crippen molar-refractivity contribution in [1.82, 2.24) is 4.57 Å². The van der Waals surface area contributed by atoms with Gasteiger partial charge in [0.1, 0.15) is 11.3 Å². The monoisotopic (exact) mass is 317 g/mol. The molecule has 0 aliphatic rings. The lowest BCUT2D eigenvalue weighted by molar-refractivity contribution is -0.385. The molecule has 1 aromatic carbocycles. The van der Waals surface area contributed by atoms with Crippen molar-refractivity contribution in [3.8, 4) is 5.75 Å². The third-order valence-corrected chi connectivity index (χ3v) is 3.35. The molecule has 2 aromatic rings. The summed E-state index contributed by atoms with van der Waals surface area (Å²) in [4.78, 5) is 33.6. The predicted molar refractivity (Wildman–Crippen MR) is 82.6 cm³/mol. The number of nitrogens with two attached hydrogens (primary N) is 1. The summed E-state index contributed by atoms with van der Waals surface area (Å²) in [5.41, 5.74) is 4.63. The molecular weight excluding hydrogens is 302 g/mol. The number of hydrogen-bond acceptors (Lipinski definition) is 5. The average molecular weight is 317 g/mol. The number of amides is 1. The molecule has 0 aliphatic carbocycles. The molecule has 2 rings (SSSR count). The van der Waals surface area contributed by atoms with Crippen LogP contribution in [0.3, 0.4) is 0 Å². The van der Waals surface area contributed by atoms with Crippen molar-refractivity contribution in [3.63, 3.8) is 0 Å². The molecule has 0 bridgehead atoms. The van der Waals surface area contributed by atoms with Crippen LogP contribution < -0.4 is 16.0 Å². The maximum atomic E-state index is 12.1. The highest BCUT2D eigenvalue weighted by molar-refractivity contribution is 5.92. The first-order valence-electron chi connectivity index (χ1n) is 6.74. The Hall–Kier alpha value is -3.16. The van der Waals surface area contributed by atoms with Gasteiger partial charge in [-0.25, -0.2) is 0 Å². The summed E-state index contributed by atoms with van der Waals surface area (Å²) in [5, 5.41) is 10.9. The van der Waals surface area contributed by atoms with Crippen LogP contribution in [0.5, 0.6) is 5.75 Å². The number of ether oxygens (including phenoxy) is 1. The Morgan fingerprint density at radius 2 is 2.00 bits per heavy atom. The molecule has 0 atom stereocenters. The number of carbonyl (C=O) groups is 1. The highest BCUT2D eigenvalue weighted by atomic mass is 16.6. The smallest absolute Gasteiger partial charge is 0.286 e. The van der Waals surface area contributed by atoms with E-state index in [0.717, 1.165) is 22.4 Å². The molecule has 0 radical (unpaired) electrons. The van der Waals surface area contributed by atoms with Gasteiger partial charge in [-0.15, -0.1) is 0 Å². The van der Waals surface area contributed by atoms with E-state index in [1.807, 2.05) is 12.1 Å². The van der Waals surface area contributed by atoms with Gasteiger partial charge in [0.2, 0.25) is 0 Å². The molecule has 0 saturated heterocycles. The molecule has 1 heterocycles. The van der Waals surface area contributed by atoms with E-state index in [9.17, 15) is 19.7 Å². The van der Waals surface area contributed by atoms with Gasteiger partial charge in [0.25, 0.3) is 17.2 Å². The fourth-order valence-electron chi connectivity index (χ4n) is 2.10. The van der Waals surface area contributed by atoms with Gasteiger partial charge in [0, 0.05) is 12.6 Å². The second-order valence-electron chi connectivity index (χ2n) is 4.83. The number of primary amides is 1. The van der Waals surface area contributed by atoms with Gasteiger partial charge in [-0.3, -0.25) is 19.7 Å². The van der Waals surface area contributed by atoms with E-state index in [-0.39, 0.29) is 12.2 Å². The zero-order valence-corrected chi connectivity index (χ0v) is 12.4. The van der Waals surface area contributed by atoms with Crippen LogP contribution in [-0.2, 0) is 13.0 Å². The highest BCUT2D eigenvalue weighted by Crippen LogP contribution is 2.13. The van der Waals surface area contributed by atoms with Gasteiger partial charge in [-0.05, 0) is 24.1 Å². The lowest BCUT2D eigenvalue weighted by Crippen LogP contribution is -2.30. The fourth-order valence-corrected chi connectivity index (χ4v) is 2.10. The molecule has 2 N–H and O–H groups in total. The number of hydrogen-bond donors (Lipinski definition) is 1. The number of nitrogens with zero attached hydrogens (tertiary/aromatic N) is 2. The van der Waals surface area contributed by atoms with E-state index in [1.165, 1.54) is 0 Å². The summed E-state index contributed by atoms with van der Waals surface area (Å²) in [5.74, 6) is -0.283. The number of benzene rings is 1. The summed E-state index contributed by atoms with van der Waals surface area (Å²) in [6, 6.07) is 8.11. The molecule has 120 valence electrons. The second kappa shape index (κ2) is 6.73. The lowest BCUT2D eigenvalue weighted by atomic mass is 10.1. The minimum absolute atomic E-state index is 0.188. The second-order valence-corrected chi connectivity index (χ2v) is 4.83. The van der Waals surface area contributed by atoms with E-state index in [4.69, 9.17) is 10.5 Å². The quantitative estimate of drug-likeness (QED) is 0.632. The first-order chi connectivity index (χ1) is 10.9. The molecular formula is C15H15N3O5. The van der Waals surface area contributed by atoms with E-state index in [1.54, 1.807) is 19.2 Å². The number of aryl methyl sites for hydroxylation is 2. The molecule has 0 spiro atoms. The first-order valence-corrected chi connectivity index (χ1v) is 6.74. The Bertz CT molecular complexity index is 796. The maximum Gasteiger partial charge on any atom is 0.286 e. The summed E-state index contributed by atoms with van der Waals surface area (Å²) in [6.45, 7) is 0.188. The fraction of sp³-hybridized carbons (Fsp3) is 0.200. The highest BCUT2D eigenvalue weighted by Gasteiger charge is 2.17. The third kappa shape index (κ3) is 3.73. The van der Waals surface area contributed by atoms with E-state index >= 15 is 0 Å². The standard InChI is InChI=1S/C15H15N3O5/c1-23-12-4-2-10(3-5-12)6-7-17-9-11(18(21)22)8-13(14(16)19)15(17)20/h2-5,8-9H,6-7H2,1H3,(H2,16,19). The molecule has 0 saturated carbocycles. The number of methoxy groups -OCH3 is 1. The molecule has 8 nitrogen and oxygen atoms in total. The van der Waals surface area contributed by atoms with Crippen molar-refractivity contribution in [3.05, 3.63) is 68.1 Å². The lowest BCUT2D eigenvalue weighted by Gasteiger charge is -2.08. The van der Waals surface area contributed by atoms with Crippen molar-refractivity contribution in [1.29, 1.82) is 0 Å². The van der Waals surface area contributed by atoms with Crippen molar-refractivity contribution >= 4 is 11.6 Å². The van der Waals surface area contributed by atoms with Crippen molar-refractivity contribution in [2.24, 2.45) is 5.73 Å². The number of carbonyl (C=O) groups excluding carboxylic acids is 1. The van der Waals surface area contributed by atoms with E-state index in [0.29, 0.717) is 12.2 Å². The Balaban J connectivity index is 2.29. The number of aromatic nitrogens is 1. The van der Waals surface area contributed by atoms with Crippen LogP contribution in [0, 0.1) is 10.1 Å². The van der Waals surface area contributed by atoms with Gasteiger partial charge >= 0.3 is 0 Å². The molecule has 1 amide bonds. The summed E-state index contributed by atoms with van der Waals surface area (Å²) < 4.78 is 6.18. The third-order valence-electron chi connectivity index (χ3n) is 3.35. The van der Waals surface area contributed by atoms with Crippen LogP contribution in [0.1, 0.15) is 15.9 Å². The largest absolute Gasteiger partial charge is 0.497 e. The Kier molecular flexibility index (Phi) is 4.75. The van der Waals surface area contributed by atoms with Crippen LogP contribution in [0.2, 0.25) is 0 Å². The minimum atomic E-state index is -0.989. The van der Waals surface area contributed by atoms with Crippen LogP contribution in [0.15, 0.2) is 41.3 Å². The molecule has 8 heteroatoms. The van der Waals surface area contributed by atoms with Gasteiger partial charge in [-0.2, -0.15) is 0 Å². The molecule has 0 fully saturated rings. The summed E-state index contributed by atoms with van der Waals surface area (Å²) >= 11 is 0. The Morgan fingerprint density at radius 3 is 2.52 bits per heavy atom. The number of nitro groups is 1.